The number of nitrogens with one attached hydrogen (secondary N) is 1. The van der Waals surface area contributed by atoms with E-state index in [1.165, 1.54) is 0 Å². The Hall–Kier alpha value is -1.46. The van der Waals surface area contributed by atoms with E-state index in [4.69, 9.17) is 14.6 Å². The van der Waals surface area contributed by atoms with E-state index in [-0.39, 0.29) is 12.4 Å². The van der Waals surface area contributed by atoms with Gasteiger partial charge in [0.05, 0.1) is 13.7 Å². The molecule has 114 valence electrons. The highest BCUT2D eigenvalue weighted by molar-refractivity contribution is 5.85. The zero-order valence-electron chi connectivity index (χ0n) is 12.0. The lowest BCUT2D eigenvalue weighted by atomic mass is 10.2. The Morgan fingerprint density at radius 1 is 1.40 bits per heavy atom. The molecule has 0 saturated carbocycles. The predicted molar refractivity (Wildman–Crippen MR) is 80.0 cm³/mol. The van der Waals surface area contributed by atoms with Crippen molar-refractivity contribution in [1.82, 2.24) is 5.32 Å². The fourth-order valence-electron chi connectivity index (χ4n) is 1.51. The van der Waals surface area contributed by atoms with E-state index in [2.05, 4.69) is 5.32 Å². The van der Waals surface area contributed by atoms with Gasteiger partial charge in [-0.15, -0.1) is 12.4 Å². The Bertz CT molecular complexity index is 426. The minimum absolute atomic E-state index is 0. The molecule has 0 spiro atoms. The molecule has 0 radical (unpaired) electrons. The van der Waals surface area contributed by atoms with Crippen molar-refractivity contribution >= 4 is 18.4 Å². The van der Waals surface area contributed by atoms with Gasteiger partial charge >= 0.3 is 5.97 Å². The number of carboxylic acids is 1. The number of benzene rings is 1. The molecule has 1 rings (SSSR count). The van der Waals surface area contributed by atoms with Gasteiger partial charge in [-0.3, -0.25) is 4.79 Å². The summed E-state index contributed by atoms with van der Waals surface area (Å²) in [6, 6.07) is 5.01. The van der Waals surface area contributed by atoms with Gasteiger partial charge in [-0.25, -0.2) is 0 Å². The first-order chi connectivity index (χ1) is 9.08. The molecule has 0 aliphatic heterocycles. The molecule has 1 aromatic carbocycles. The molecule has 2 N–H and O–H groups in total. The number of halogens is 1. The number of hydrogen-bond acceptors (Lipinski definition) is 4. The third-order valence-electron chi connectivity index (χ3n) is 2.67. The quantitative estimate of drug-likeness (QED) is 0.772. The van der Waals surface area contributed by atoms with Gasteiger partial charge in [0.25, 0.3) is 0 Å². The maximum absolute atomic E-state index is 10.7. The van der Waals surface area contributed by atoms with Crippen molar-refractivity contribution < 1.29 is 19.4 Å². The summed E-state index contributed by atoms with van der Waals surface area (Å²) < 4.78 is 10.8. The highest BCUT2D eigenvalue weighted by Crippen LogP contribution is 2.28. The number of aliphatic carboxylic acids is 1. The number of methoxy groups -OCH3 is 1. The molecular weight excluding hydrogens is 282 g/mol. The molecule has 0 heterocycles. The van der Waals surface area contributed by atoms with Crippen LogP contribution in [-0.4, -0.2) is 30.8 Å². The van der Waals surface area contributed by atoms with Gasteiger partial charge in [0.15, 0.2) is 11.5 Å². The zero-order valence-corrected chi connectivity index (χ0v) is 12.8. The summed E-state index contributed by atoms with van der Waals surface area (Å²) >= 11 is 0. The van der Waals surface area contributed by atoms with Crippen LogP contribution in [0.3, 0.4) is 0 Å². The first kappa shape index (κ1) is 18.5. The SMILES string of the molecule is CCCOc1ccc(CNC(C)C(=O)O)cc1OC.Cl. The van der Waals surface area contributed by atoms with E-state index in [0.29, 0.717) is 24.7 Å². The predicted octanol–water partition coefficient (Wildman–Crippen LogP) is 2.47. The molecule has 0 saturated heterocycles. The molecule has 5 nitrogen and oxygen atoms in total. The molecule has 0 bridgehead atoms. The van der Waals surface area contributed by atoms with Crippen molar-refractivity contribution in [2.24, 2.45) is 0 Å². The second-order valence-corrected chi connectivity index (χ2v) is 4.27. The van der Waals surface area contributed by atoms with Crippen LogP contribution in [0.5, 0.6) is 11.5 Å². The monoisotopic (exact) mass is 303 g/mol. The molecule has 0 amide bonds. The van der Waals surface area contributed by atoms with E-state index in [9.17, 15) is 4.79 Å². The first-order valence-corrected chi connectivity index (χ1v) is 6.34. The summed E-state index contributed by atoms with van der Waals surface area (Å²) in [4.78, 5) is 10.7. The smallest absolute Gasteiger partial charge is 0.320 e. The van der Waals surface area contributed by atoms with E-state index in [1.807, 2.05) is 25.1 Å². The highest BCUT2D eigenvalue weighted by atomic mass is 35.5. The fourth-order valence-corrected chi connectivity index (χ4v) is 1.51. The first-order valence-electron chi connectivity index (χ1n) is 6.34. The maximum Gasteiger partial charge on any atom is 0.320 e. The summed E-state index contributed by atoms with van der Waals surface area (Å²) in [7, 11) is 1.59. The maximum atomic E-state index is 10.7. The molecule has 0 fully saturated rings. The highest BCUT2D eigenvalue weighted by Gasteiger charge is 2.10. The van der Waals surface area contributed by atoms with Gasteiger partial charge in [0, 0.05) is 6.54 Å². The third-order valence-corrected chi connectivity index (χ3v) is 2.67. The third kappa shape index (κ3) is 5.67. The van der Waals surface area contributed by atoms with Crippen LogP contribution in [0.2, 0.25) is 0 Å². The number of hydrogen-bond donors (Lipinski definition) is 2. The average Bonchev–Trinajstić information content (AvgIpc) is 2.42. The fraction of sp³-hybridized carbons (Fsp3) is 0.500. The minimum atomic E-state index is -0.866. The van der Waals surface area contributed by atoms with Crippen LogP contribution >= 0.6 is 12.4 Å². The molecule has 1 aromatic rings. The topological polar surface area (TPSA) is 67.8 Å². The lowest BCUT2D eigenvalue weighted by molar-refractivity contribution is -0.139. The van der Waals surface area contributed by atoms with Gasteiger partial charge in [-0.2, -0.15) is 0 Å². The van der Waals surface area contributed by atoms with Crippen LogP contribution in [0, 0.1) is 0 Å². The molecule has 6 heteroatoms. The average molecular weight is 304 g/mol. The van der Waals surface area contributed by atoms with Crippen LogP contribution in [0.4, 0.5) is 0 Å². The van der Waals surface area contributed by atoms with Crippen LogP contribution < -0.4 is 14.8 Å². The van der Waals surface area contributed by atoms with E-state index < -0.39 is 12.0 Å². The second-order valence-electron chi connectivity index (χ2n) is 4.27. The van der Waals surface area contributed by atoms with Crippen molar-refractivity contribution in [2.45, 2.75) is 32.9 Å². The van der Waals surface area contributed by atoms with Crippen molar-refractivity contribution in [2.75, 3.05) is 13.7 Å². The standard InChI is InChI=1S/C14H21NO4.ClH/c1-4-7-19-12-6-5-11(8-13(12)18-3)9-15-10(2)14(16)17;/h5-6,8,10,15H,4,7,9H2,1-3H3,(H,16,17);1H. The summed E-state index contributed by atoms with van der Waals surface area (Å²) in [5.41, 5.74) is 0.953. The van der Waals surface area contributed by atoms with Crippen molar-refractivity contribution in [3.05, 3.63) is 23.8 Å². The summed E-state index contributed by atoms with van der Waals surface area (Å²) in [5.74, 6) is 0.505. The lowest BCUT2D eigenvalue weighted by Crippen LogP contribution is -2.33. The Kier molecular flexibility index (Phi) is 8.76. The largest absolute Gasteiger partial charge is 0.493 e. The summed E-state index contributed by atoms with van der Waals surface area (Å²) in [6.45, 7) is 4.76. The Balaban J connectivity index is 0.00000361. The minimum Gasteiger partial charge on any atom is -0.493 e. The van der Waals surface area contributed by atoms with Gasteiger partial charge in [0.1, 0.15) is 6.04 Å². The lowest BCUT2D eigenvalue weighted by Gasteiger charge is -2.13. The van der Waals surface area contributed by atoms with Gasteiger partial charge in [-0.1, -0.05) is 13.0 Å². The molecule has 0 aliphatic carbocycles. The van der Waals surface area contributed by atoms with Crippen LogP contribution in [-0.2, 0) is 11.3 Å². The van der Waals surface area contributed by atoms with Crippen LogP contribution in [0.15, 0.2) is 18.2 Å². The van der Waals surface area contributed by atoms with Gasteiger partial charge in [0.2, 0.25) is 0 Å². The number of ether oxygens (including phenoxy) is 2. The molecular formula is C14H22ClNO4. The normalized spacial score (nSPS) is 11.3. The second kappa shape index (κ2) is 9.44. The molecule has 20 heavy (non-hydrogen) atoms. The Morgan fingerprint density at radius 3 is 2.65 bits per heavy atom. The van der Waals surface area contributed by atoms with Crippen LogP contribution in [0.1, 0.15) is 25.8 Å². The Morgan fingerprint density at radius 2 is 2.10 bits per heavy atom. The van der Waals surface area contributed by atoms with Crippen LogP contribution in [0.25, 0.3) is 0 Å². The Labute approximate surface area is 125 Å². The molecule has 1 unspecified atom stereocenters. The van der Waals surface area contributed by atoms with Crippen molar-refractivity contribution in [3.63, 3.8) is 0 Å². The summed E-state index contributed by atoms with van der Waals surface area (Å²) in [6.07, 6.45) is 0.933. The van der Waals surface area contributed by atoms with E-state index >= 15 is 0 Å². The van der Waals surface area contributed by atoms with E-state index in [0.717, 1.165) is 12.0 Å². The molecule has 0 aliphatic rings. The van der Waals surface area contributed by atoms with Crippen molar-refractivity contribution in [3.8, 4) is 11.5 Å². The number of carbonyl (C=O) groups is 1. The van der Waals surface area contributed by atoms with Gasteiger partial charge in [-0.05, 0) is 31.0 Å². The number of rotatable bonds is 8. The van der Waals surface area contributed by atoms with Gasteiger partial charge < -0.3 is 19.9 Å². The van der Waals surface area contributed by atoms with Crippen molar-refractivity contribution in [1.29, 1.82) is 0 Å². The summed E-state index contributed by atoms with van der Waals surface area (Å²) in [5, 5.41) is 11.7. The number of carboxylic acid groups (broad SMARTS) is 1. The molecule has 0 aromatic heterocycles. The van der Waals surface area contributed by atoms with E-state index in [1.54, 1.807) is 14.0 Å². The molecule has 1 atom stereocenters. The zero-order chi connectivity index (χ0) is 14.3.